The third-order valence-corrected chi connectivity index (χ3v) is 3.07. The summed E-state index contributed by atoms with van der Waals surface area (Å²) in [6.07, 6.45) is 5.43. The highest BCUT2D eigenvalue weighted by Gasteiger charge is 2.14. The molecule has 0 rings (SSSR count). The highest BCUT2D eigenvalue weighted by atomic mass is 16.2. The Bertz CT molecular complexity index is 201. The van der Waals surface area contributed by atoms with Crippen molar-refractivity contribution in [2.24, 2.45) is 5.73 Å². The molecule has 0 aromatic rings. The predicted octanol–water partition coefficient (Wildman–Crippen LogP) is 1.70. The van der Waals surface area contributed by atoms with E-state index in [1.807, 2.05) is 11.9 Å². The Balaban J connectivity index is 4.09. The summed E-state index contributed by atoms with van der Waals surface area (Å²) in [5.41, 5.74) is 5.48. The van der Waals surface area contributed by atoms with Crippen molar-refractivity contribution in [3.8, 4) is 0 Å². The first kappa shape index (κ1) is 17.4. The number of unbranched alkanes of at least 4 members (excludes halogenated alkanes) is 2. The minimum atomic E-state index is 0.261. The zero-order valence-electron chi connectivity index (χ0n) is 12.5. The van der Waals surface area contributed by atoms with Crippen LogP contribution in [-0.4, -0.2) is 55.5 Å². The second-order valence-corrected chi connectivity index (χ2v) is 4.97. The standard InChI is InChI=1S/C14H31N3O/c1-4-6-11-17(12-7-5-2)14(18)13-16(3)10-8-9-15/h4-13,15H2,1-3H3. The van der Waals surface area contributed by atoms with Gasteiger partial charge in [-0.1, -0.05) is 26.7 Å². The molecule has 108 valence electrons. The predicted molar refractivity (Wildman–Crippen MR) is 77.6 cm³/mol. The van der Waals surface area contributed by atoms with Crippen molar-refractivity contribution in [3.05, 3.63) is 0 Å². The van der Waals surface area contributed by atoms with Crippen molar-refractivity contribution in [1.29, 1.82) is 0 Å². The lowest BCUT2D eigenvalue weighted by Gasteiger charge is -2.25. The molecule has 0 aliphatic heterocycles. The van der Waals surface area contributed by atoms with Gasteiger partial charge in [0.1, 0.15) is 0 Å². The van der Waals surface area contributed by atoms with E-state index in [0.717, 1.165) is 51.7 Å². The van der Waals surface area contributed by atoms with Gasteiger partial charge in [-0.3, -0.25) is 9.69 Å². The van der Waals surface area contributed by atoms with Gasteiger partial charge in [0.15, 0.2) is 0 Å². The lowest BCUT2D eigenvalue weighted by Crippen LogP contribution is -2.40. The zero-order valence-corrected chi connectivity index (χ0v) is 12.5. The summed E-state index contributed by atoms with van der Waals surface area (Å²) in [6.45, 7) is 8.24. The van der Waals surface area contributed by atoms with E-state index in [9.17, 15) is 4.79 Å². The molecule has 18 heavy (non-hydrogen) atoms. The number of hydrogen-bond acceptors (Lipinski definition) is 3. The maximum Gasteiger partial charge on any atom is 0.236 e. The highest BCUT2D eigenvalue weighted by molar-refractivity contribution is 5.78. The molecule has 0 aromatic carbocycles. The molecular weight excluding hydrogens is 226 g/mol. The maximum absolute atomic E-state index is 12.2. The van der Waals surface area contributed by atoms with Crippen molar-refractivity contribution in [3.63, 3.8) is 0 Å². The first-order valence-corrected chi connectivity index (χ1v) is 7.32. The van der Waals surface area contributed by atoms with Gasteiger partial charge in [0.05, 0.1) is 6.54 Å². The van der Waals surface area contributed by atoms with E-state index in [1.54, 1.807) is 0 Å². The average Bonchev–Trinajstić information content (AvgIpc) is 2.36. The summed E-state index contributed by atoms with van der Waals surface area (Å²) >= 11 is 0. The van der Waals surface area contributed by atoms with Crippen LogP contribution >= 0.6 is 0 Å². The molecule has 0 heterocycles. The smallest absolute Gasteiger partial charge is 0.236 e. The van der Waals surface area contributed by atoms with E-state index in [1.165, 1.54) is 0 Å². The van der Waals surface area contributed by atoms with Gasteiger partial charge >= 0.3 is 0 Å². The monoisotopic (exact) mass is 257 g/mol. The van der Waals surface area contributed by atoms with Crippen molar-refractivity contribution < 1.29 is 4.79 Å². The summed E-state index contributed by atoms with van der Waals surface area (Å²) in [4.78, 5) is 16.3. The number of amides is 1. The fraction of sp³-hybridized carbons (Fsp3) is 0.929. The second-order valence-electron chi connectivity index (χ2n) is 4.97. The van der Waals surface area contributed by atoms with E-state index in [-0.39, 0.29) is 5.91 Å². The Morgan fingerprint density at radius 3 is 2.00 bits per heavy atom. The van der Waals surface area contributed by atoms with Crippen LogP contribution < -0.4 is 5.73 Å². The van der Waals surface area contributed by atoms with Crippen LogP contribution in [0.15, 0.2) is 0 Å². The van der Waals surface area contributed by atoms with Crippen molar-refractivity contribution in [1.82, 2.24) is 9.80 Å². The number of carbonyl (C=O) groups is 1. The normalized spacial score (nSPS) is 10.9. The SMILES string of the molecule is CCCCN(CCCC)C(=O)CN(C)CCCN. The van der Waals surface area contributed by atoms with Crippen LogP contribution in [-0.2, 0) is 4.79 Å². The minimum Gasteiger partial charge on any atom is -0.342 e. The Morgan fingerprint density at radius 1 is 1.00 bits per heavy atom. The molecule has 0 unspecified atom stereocenters. The molecular formula is C14H31N3O. The molecule has 0 atom stereocenters. The molecule has 0 saturated carbocycles. The first-order chi connectivity index (χ1) is 8.65. The number of rotatable bonds is 11. The Labute approximate surface area is 113 Å². The number of carbonyl (C=O) groups excluding carboxylic acids is 1. The van der Waals surface area contributed by atoms with Gasteiger partial charge in [0.2, 0.25) is 5.91 Å². The van der Waals surface area contributed by atoms with Gasteiger partial charge in [-0.15, -0.1) is 0 Å². The molecule has 0 fully saturated rings. The van der Waals surface area contributed by atoms with Crippen LogP contribution in [0.25, 0.3) is 0 Å². The fourth-order valence-electron chi connectivity index (χ4n) is 1.83. The quantitative estimate of drug-likeness (QED) is 0.613. The molecule has 0 saturated heterocycles. The third kappa shape index (κ3) is 8.48. The molecule has 4 heteroatoms. The van der Waals surface area contributed by atoms with E-state index in [2.05, 4.69) is 18.7 Å². The van der Waals surface area contributed by atoms with Gasteiger partial charge in [-0.25, -0.2) is 0 Å². The summed E-state index contributed by atoms with van der Waals surface area (Å²) < 4.78 is 0. The Hall–Kier alpha value is -0.610. The van der Waals surface area contributed by atoms with E-state index < -0.39 is 0 Å². The van der Waals surface area contributed by atoms with E-state index in [0.29, 0.717) is 13.1 Å². The summed E-state index contributed by atoms with van der Waals surface area (Å²) in [6, 6.07) is 0. The van der Waals surface area contributed by atoms with Crippen LogP contribution in [0.3, 0.4) is 0 Å². The molecule has 0 aromatic heterocycles. The molecule has 2 N–H and O–H groups in total. The summed E-state index contributed by atoms with van der Waals surface area (Å²) in [5, 5.41) is 0. The molecule has 0 radical (unpaired) electrons. The Morgan fingerprint density at radius 2 is 1.56 bits per heavy atom. The average molecular weight is 257 g/mol. The Kier molecular flexibility index (Phi) is 11.1. The first-order valence-electron chi connectivity index (χ1n) is 7.32. The van der Waals surface area contributed by atoms with E-state index in [4.69, 9.17) is 5.73 Å². The number of likely N-dealkylation sites (N-methyl/N-ethyl adjacent to an activating group) is 1. The topological polar surface area (TPSA) is 49.6 Å². The van der Waals surface area contributed by atoms with Crippen LogP contribution in [0, 0.1) is 0 Å². The third-order valence-electron chi connectivity index (χ3n) is 3.07. The van der Waals surface area contributed by atoms with Crippen molar-refractivity contribution in [2.45, 2.75) is 46.0 Å². The van der Waals surface area contributed by atoms with E-state index >= 15 is 0 Å². The fourth-order valence-corrected chi connectivity index (χ4v) is 1.83. The van der Waals surface area contributed by atoms with Gasteiger partial charge < -0.3 is 10.6 Å². The lowest BCUT2D eigenvalue weighted by molar-refractivity contribution is -0.132. The van der Waals surface area contributed by atoms with Crippen LogP contribution in [0.4, 0.5) is 0 Å². The zero-order chi connectivity index (χ0) is 13.8. The van der Waals surface area contributed by atoms with Crippen LogP contribution in [0.2, 0.25) is 0 Å². The minimum absolute atomic E-state index is 0.261. The van der Waals surface area contributed by atoms with Gasteiger partial charge in [-0.05, 0) is 39.4 Å². The number of nitrogens with zero attached hydrogens (tertiary/aromatic N) is 2. The van der Waals surface area contributed by atoms with Crippen LogP contribution in [0.5, 0.6) is 0 Å². The van der Waals surface area contributed by atoms with Crippen molar-refractivity contribution in [2.75, 3.05) is 39.8 Å². The molecule has 4 nitrogen and oxygen atoms in total. The van der Waals surface area contributed by atoms with Crippen molar-refractivity contribution >= 4 is 5.91 Å². The molecule has 1 amide bonds. The molecule has 0 bridgehead atoms. The number of hydrogen-bond donors (Lipinski definition) is 1. The molecule has 0 aliphatic rings. The van der Waals surface area contributed by atoms with Crippen LogP contribution in [0.1, 0.15) is 46.0 Å². The summed E-state index contributed by atoms with van der Waals surface area (Å²) in [7, 11) is 1.99. The van der Waals surface area contributed by atoms with Gasteiger partial charge in [0, 0.05) is 13.1 Å². The molecule has 0 spiro atoms. The largest absolute Gasteiger partial charge is 0.342 e. The second kappa shape index (κ2) is 11.5. The van der Waals surface area contributed by atoms with Gasteiger partial charge in [0.25, 0.3) is 0 Å². The number of nitrogens with two attached hydrogens (primary N) is 1. The summed E-state index contributed by atoms with van der Waals surface area (Å²) in [5.74, 6) is 0.261. The highest BCUT2D eigenvalue weighted by Crippen LogP contribution is 2.01. The van der Waals surface area contributed by atoms with Gasteiger partial charge in [-0.2, -0.15) is 0 Å². The lowest BCUT2D eigenvalue weighted by atomic mass is 10.2. The molecule has 0 aliphatic carbocycles. The maximum atomic E-state index is 12.2.